The molecule has 2 aliphatic rings. The molecule has 4 rings (SSSR count). The Kier molecular flexibility index (Phi) is 5.31. The van der Waals surface area contributed by atoms with Crippen molar-refractivity contribution in [3.8, 4) is 6.07 Å². The van der Waals surface area contributed by atoms with Crippen LogP contribution in [-0.2, 0) is 6.42 Å². The average Bonchev–Trinajstić information content (AvgIpc) is 3.18. The lowest BCUT2D eigenvalue weighted by Crippen LogP contribution is -2.35. The zero-order valence-electron chi connectivity index (χ0n) is 15.7. The third-order valence-electron chi connectivity index (χ3n) is 5.07. The number of likely N-dealkylation sites (N-methyl/N-ethyl adjacent to an activating group) is 1. The van der Waals surface area contributed by atoms with E-state index in [1.165, 1.54) is 0 Å². The highest BCUT2D eigenvalue weighted by atomic mass is 35.5. The summed E-state index contributed by atoms with van der Waals surface area (Å²) in [5, 5.41) is 20.1. The van der Waals surface area contributed by atoms with Gasteiger partial charge in [0.1, 0.15) is 5.71 Å². The number of piperidine rings is 1. The number of hydrogen-bond donors (Lipinski definition) is 0. The second kappa shape index (κ2) is 8.03. The summed E-state index contributed by atoms with van der Waals surface area (Å²) in [4.78, 5) is 6.67. The number of hydrazone groups is 1. The smallest absolute Gasteiger partial charge is 0.279 e. The zero-order chi connectivity index (χ0) is 19.5. The van der Waals surface area contributed by atoms with Crippen molar-refractivity contribution in [2.24, 2.45) is 11.0 Å². The number of allylic oxidation sites excluding steroid dienone is 1. The fourth-order valence-electron chi connectivity index (χ4n) is 3.64. The van der Waals surface area contributed by atoms with Crippen molar-refractivity contribution in [2.75, 3.05) is 31.6 Å². The van der Waals surface area contributed by atoms with Gasteiger partial charge in [-0.15, -0.1) is 0 Å². The lowest BCUT2D eigenvalue weighted by Gasteiger charge is -2.31. The minimum Gasteiger partial charge on any atom is -0.338 e. The molecule has 28 heavy (non-hydrogen) atoms. The maximum absolute atomic E-state index is 9.11. The van der Waals surface area contributed by atoms with E-state index < -0.39 is 0 Å². The molecule has 0 spiro atoms. The molecule has 1 aromatic heterocycles. The Bertz CT molecular complexity index is 952. The highest BCUT2D eigenvalue weighted by molar-refractivity contribution is 6.30. The molecule has 2 aliphatic heterocycles. The molecule has 8 heteroatoms. The number of nitriles is 1. The third kappa shape index (κ3) is 4.18. The van der Waals surface area contributed by atoms with Crippen LogP contribution in [0.2, 0.25) is 5.02 Å². The van der Waals surface area contributed by atoms with Crippen LogP contribution in [0.3, 0.4) is 0 Å². The van der Waals surface area contributed by atoms with Crippen LogP contribution in [0.1, 0.15) is 29.9 Å². The Hall–Kier alpha value is -2.85. The number of anilines is 1. The molecule has 1 aromatic carbocycles. The van der Waals surface area contributed by atoms with E-state index in [1.54, 1.807) is 6.07 Å². The van der Waals surface area contributed by atoms with Crippen molar-refractivity contribution in [3.05, 3.63) is 52.4 Å². The number of hydrogen-bond acceptors (Lipinski definition) is 7. The van der Waals surface area contributed by atoms with Crippen molar-refractivity contribution in [2.45, 2.75) is 19.3 Å². The van der Waals surface area contributed by atoms with Gasteiger partial charge in [-0.2, -0.15) is 15.3 Å². The number of rotatable bonds is 4. The maximum atomic E-state index is 9.11. The van der Waals surface area contributed by atoms with E-state index in [0.717, 1.165) is 44.5 Å². The maximum Gasteiger partial charge on any atom is 0.279 e. The Labute approximate surface area is 168 Å². The molecule has 0 saturated carbocycles. The summed E-state index contributed by atoms with van der Waals surface area (Å²) >= 11 is 6.12. The number of aromatic nitrogens is 2. The Balaban J connectivity index is 1.37. The topological polar surface area (TPSA) is 81.5 Å². The monoisotopic (exact) mass is 396 g/mol. The van der Waals surface area contributed by atoms with Crippen molar-refractivity contribution in [3.63, 3.8) is 0 Å². The normalized spacial score (nSPS) is 17.5. The Morgan fingerprint density at radius 3 is 2.86 bits per heavy atom. The van der Waals surface area contributed by atoms with Gasteiger partial charge in [0, 0.05) is 25.2 Å². The van der Waals surface area contributed by atoms with Crippen LogP contribution in [0.4, 0.5) is 5.95 Å². The SMILES string of the molecule is CN1CC=CC(c2nc(N3CCC(Cc4cc(Cl)cc(C#N)c4)CC3)no2)=N1. The first kappa shape index (κ1) is 18.5. The third-order valence-corrected chi connectivity index (χ3v) is 5.28. The summed E-state index contributed by atoms with van der Waals surface area (Å²) in [7, 11) is 1.91. The van der Waals surface area contributed by atoms with Crippen molar-refractivity contribution < 1.29 is 4.52 Å². The van der Waals surface area contributed by atoms with Crippen LogP contribution in [-0.4, -0.2) is 47.5 Å². The predicted octanol–water partition coefficient (Wildman–Crippen LogP) is 3.26. The molecule has 0 radical (unpaired) electrons. The highest BCUT2D eigenvalue weighted by Gasteiger charge is 2.24. The van der Waals surface area contributed by atoms with Gasteiger partial charge in [0.2, 0.25) is 0 Å². The summed E-state index contributed by atoms with van der Waals surface area (Å²) in [6.45, 7) is 2.52. The van der Waals surface area contributed by atoms with Gasteiger partial charge in [-0.25, -0.2) is 0 Å². The molecule has 0 aliphatic carbocycles. The van der Waals surface area contributed by atoms with E-state index >= 15 is 0 Å². The molecular formula is C20H21ClN6O. The summed E-state index contributed by atoms with van der Waals surface area (Å²) < 4.78 is 5.41. The van der Waals surface area contributed by atoms with Crippen LogP contribution in [0, 0.1) is 17.2 Å². The zero-order valence-corrected chi connectivity index (χ0v) is 16.4. The molecule has 7 nitrogen and oxygen atoms in total. The minimum atomic E-state index is 0.447. The number of halogens is 1. The van der Waals surface area contributed by atoms with Crippen LogP contribution in [0.15, 0.2) is 40.0 Å². The molecule has 3 heterocycles. The largest absolute Gasteiger partial charge is 0.338 e. The van der Waals surface area contributed by atoms with Gasteiger partial charge in [0.15, 0.2) is 0 Å². The molecule has 0 bridgehead atoms. The first-order chi connectivity index (χ1) is 13.6. The molecule has 0 N–H and O–H groups in total. The average molecular weight is 397 g/mol. The van der Waals surface area contributed by atoms with Gasteiger partial charge < -0.3 is 9.42 Å². The van der Waals surface area contributed by atoms with Crippen LogP contribution in [0.25, 0.3) is 0 Å². The first-order valence-corrected chi connectivity index (χ1v) is 9.73. The summed E-state index contributed by atoms with van der Waals surface area (Å²) in [5.74, 6) is 1.61. The number of nitrogens with zero attached hydrogens (tertiary/aromatic N) is 6. The molecule has 2 aromatic rings. The summed E-state index contributed by atoms with van der Waals surface area (Å²) in [5.41, 5.74) is 2.43. The van der Waals surface area contributed by atoms with Gasteiger partial charge in [-0.1, -0.05) is 17.7 Å². The standard InChI is InChI=1S/C20H21ClN6O/c1-26-6-2-3-18(24-26)19-23-20(25-28-19)27-7-4-14(5-8-27)9-15-10-16(13-22)12-17(21)11-15/h2-3,10-12,14H,4-9H2,1H3. The van der Waals surface area contributed by atoms with Gasteiger partial charge in [0.05, 0.1) is 18.2 Å². The molecule has 0 atom stereocenters. The lowest BCUT2D eigenvalue weighted by molar-refractivity contribution is 0.376. The Morgan fingerprint density at radius 1 is 1.29 bits per heavy atom. The van der Waals surface area contributed by atoms with Gasteiger partial charge in [0.25, 0.3) is 11.8 Å². The van der Waals surface area contributed by atoms with Crippen molar-refractivity contribution >= 4 is 23.3 Å². The van der Waals surface area contributed by atoms with Crippen molar-refractivity contribution in [1.82, 2.24) is 15.1 Å². The predicted molar refractivity (Wildman–Crippen MR) is 107 cm³/mol. The number of benzene rings is 1. The van der Waals surface area contributed by atoms with Gasteiger partial charge in [-0.05, 0) is 60.2 Å². The second-order valence-corrected chi connectivity index (χ2v) is 7.66. The lowest BCUT2D eigenvalue weighted by atomic mass is 9.90. The van der Waals surface area contributed by atoms with E-state index in [4.69, 9.17) is 21.4 Å². The quantitative estimate of drug-likeness (QED) is 0.788. The van der Waals surface area contributed by atoms with E-state index in [1.807, 2.05) is 36.3 Å². The van der Waals surface area contributed by atoms with Crippen LogP contribution >= 0.6 is 11.6 Å². The van der Waals surface area contributed by atoms with Crippen molar-refractivity contribution in [1.29, 1.82) is 5.26 Å². The van der Waals surface area contributed by atoms with Crippen LogP contribution < -0.4 is 4.90 Å². The van der Waals surface area contributed by atoms with Gasteiger partial charge >= 0.3 is 0 Å². The summed E-state index contributed by atoms with van der Waals surface area (Å²) in [6, 6.07) is 7.75. The molecule has 0 amide bonds. The fraction of sp³-hybridized carbons (Fsp3) is 0.400. The summed E-state index contributed by atoms with van der Waals surface area (Å²) in [6.07, 6.45) is 6.91. The Morgan fingerprint density at radius 2 is 2.11 bits per heavy atom. The van der Waals surface area contributed by atoms with E-state index in [9.17, 15) is 0 Å². The fourth-order valence-corrected chi connectivity index (χ4v) is 3.90. The first-order valence-electron chi connectivity index (χ1n) is 9.35. The second-order valence-electron chi connectivity index (χ2n) is 7.22. The van der Waals surface area contributed by atoms with Crippen LogP contribution in [0.5, 0.6) is 0 Å². The molecular weight excluding hydrogens is 376 g/mol. The van der Waals surface area contributed by atoms with E-state index in [2.05, 4.69) is 26.2 Å². The van der Waals surface area contributed by atoms with E-state index in [-0.39, 0.29) is 0 Å². The molecule has 1 fully saturated rings. The molecule has 1 saturated heterocycles. The highest BCUT2D eigenvalue weighted by Crippen LogP contribution is 2.26. The molecule has 0 unspecified atom stereocenters. The van der Waals surface area contributed by atoms with Gasteiger partial charge in [-0.3, -0.25) is 5.01 Å². The minimum absolute atomic E-state index is 0.447. The van der Waals surface area contributed by atoms with E-state index in [0.29, 0.717) is 34.1 Å². The molecule has 144 valence electrons.